The number of anilines is 3. The molecule has 486 valence electrons. The van der Waals surface area contributed by atoms with E-state index < -0.39 is 62.8 Å². The summed E-state index contributed by atoms with van der Waals surface area (Å²) < 4.78 is 42.8. The first-order valence-corrected chi connectivity index (χ1v) is 34.2. The van der Waals surface area contributed by atoms with E-state index >= 15 is 9.59 Å². The van der Waals surface area contributed by atoms with Crippen molar-refractivity contribution < 1.29 is 66.4 Å². The summed E-state index contributed by atoms with van der Waals surface area (Å²) >= 11 is 0. The highest BCUT2D eigenvalue weighted by Crippen LogP contribution is 2.58. The summed E-state index contributed by atoms with van der Waals surface area (Å²) in [4.78, 5) is 104. The van der Waals surface area contributed by atoms with Gasteiger partial charge in [0, 0.05) is 37.0 Å². The molecule has 22 heteroatoms. The molecule has 91 heavy (non-hydrogen) atoms. The van der Waals surface area contributed by atoms with Gasteiger partial charge in [-0.15, -0.1) is 0 Å². The lowest BCUT2D eigenvalue weighted by molar-refractivity contribution is -0.128. The smallest absolute Gasteiger partial charge is 0.416 e. The van der Waals surface area contributed by atoms with Gasteiger partial charge in [0.2, 0.25) is 11.8 Å². The molecule has 1 spiro atoms. The van der Waals surface area contributed by atoms with Crippen LogP contribution < -0.4 is 40.0 Å². The molecule has 1 aliphatic carbocycles. The van der Waals surface area contributed by atoms with Crippen LogP contribution >= 0.6 is 0 Å². The maximum absolute atomic E-state index is 15.2. The molecule has 0 aromatic heterocycles. The summed E-state index contributed by atoms with van der Waals surface area (Å²) in [6, 6.07) is 19.0. The Kier molecular flexibility index (Phi) is 20.4. The summed E-state index contributed by atoms with van der Waals surface area (Å²) in [7, 11) is -1.21. The number of fused-ring (bicyclic) bond motifs is 4. The third kappa shape index (κ3) is 14.9. The number of aryl methyl sites for hydroxylation is 2. The molecular weight excluding hydrogens is 1180 g/mol. The second kappa shape index (κ2) is 27.9. The fourth-order valence-corrected chi connectivity index (χ4v) is 12.8. The summed E-state index contributed by atoms with van der Waals surface area (Å²) in [5, 5.41) is 7.72. The molecule has 1 saturated heterocycles. The summed E-state index contributed by atoms with van der Waals surface area (Å²) in [5.74, 6) is -0.867. The van der Waals surface area contributed by atoms with Crippen LogP contribution in [0.25, 0.3) is 5.57 Å². The van der Waals surface area contributed by atoms with Crippen molar-refractivity contribution in [2.75, 3.05) is 61.7 Å². The highest BCUT2D eigenvalue weighted by molar-refractivity contribution is 6.74. The van der Waals surface area contributed by atoms with Gasteiger partial charge in [0.15, 0.2) is 26.0 Å². The number of ether oxygens (including phenoxy) is 6. The van der Waals surface area contributed by atoms with Gasteiger partial charge in [0.1, 0.15) is 37.7 Å². The van der Waals surface area contributed by atoms with Crippen LogP contribution in [0.15, 0.2) is 104 Å². The largest absolute Gasteiger partial charge is 0.493 e. The van der Waals surface area contributed by atoms with E-state index in [-0.39, 0.29) is 90.8 Å². The van der Waals surface area contributed by atoms with E-state index in [1.54, 1.807) is 67.3 Å². The van der Waals surface area contributed by atoms with Crippen LogP contribution in [0, 0.1) is 18.3 Å². The Morgan fingerprint density at radius 2 is 1.43 bits per heavy atom. The van der Waals surface area contributed by atoms with Crippen molar-refractivity contribution in [2.45, 2.75) is 149 Å². The zero-order valence-corrected chi connectivity index (χ0v) is 55.2. The number of carbonyl (C=O) groups is 7. The van der Waals surface area contributed by atoms with Gasteiger partial charge in [-0.1, -0.05) is 103 Å². The summed E-state index contributed by atoms with van der Waals surface area (Å²) in [6.45, 7) is 27.6. The molecule has 1 unspecified atom stereocenters. The van der Waals surface area contributed by atoms with Crippen LogP contribution in [0.4, 0.5) is 31.4 Å². The van der Waals surface area contributed by atoms with E-state index in [1.165, 1.54) is 41.5 Å². The first-order chi connectivity index (χ1) is 43.3. The van der Waals surface area contributed by atoms with Crippen molar-refractivity contribution in [1.29, 1.82) is 0 Å². The third-order valence-electron chi connectivity index (χ3n) is 18.1. The Bertz CT molecular complexity index is 3470. The van der Waals surface area contributed by atoms with Crippen molar-refractivity contribution in [3.63, 3.8) is 0 Å². The summed E-state index contributed by atoms with van der Waals surface area (Å²) in [5.41, 5.74) is 5.99. The van der Waals surface area contributed by atoms with Crippen LogP contribution in [0.3, 0.4) is 0 Å². The molecule has 0 bridgehead atoms. The summed E-state index contributed by atoms with van der Waals surface area (Å²) in [6.07, 6.45) is 6.08. The predicted octanol–water partition coefficient (Wildman–Crippen LogP) is 11.7. The minimum atomic E-state index is -2.69. The number of amides is 7. The zero-order valence-electron chi connectivity index (χ0n) is 54.2. The zero-order chi connectivity index (χ0) is 65.7. The van der Waals surface area contributed by atoms with Crippen molar-refractivity contribution >= 4 is 72.9 Å². The van der Waals surface area contributed by atoms with Crippen molar-refractivity contribution in [1.82, 2.24) is 20.4 Å². The monoisotopic (exact) mass is 1270 g/mol. The number of carbonyl (C=O) groups excluding carboxylic acids is 7. The van der Waals surface area contributed by atoms with Gasteiger partial charge >= 0.3 is 18.3 Å². The van der Waals surface area contributed by atoms with E-state index in [1.807, 2.05) is 18.0 Å². The predicted molar refractivity (Wildman–Crippen MR) is 349 cm³/mol. The number of nitrogens with zero attached hydrogens (tertiary/aromatic N) is 4. The minimum absolute atomic E-state index is 0.0280. The Hall–Kier alpha value is -8.63. The molecule has 2 fully saturated rings. The van der Waals surface area contributed by atoms with Gasteiger partial charge in [0.05, 0.1) is 61.5 Å². The number of hydrogen-bond acceptors (Lipinski definition) is 14. The number of benzene rings is 4. The van der Waals surface area contributed by atoms with E-state index in [0.717, 1.165) is 30.4 Å². The minimum Gasteiger partial charge on any atom is -0.493 e. The first-order valence-electron chi connectivity index (χ1n) is 31.3. The molecule has 4 aromatic rings. The van der Waals surface area contributed by atoms with Gasteiger partial charge in [-0.05, 0) is 128 Å². The Balaban J connectivity index is 0.922. The molecule has 9 rings (SSSR count). The molecule has 0 radical (unpaired) electrons. The van der Waals surface area contributed by atoms with Crippen LogP contribution in [-0.4, -0.2) is 137 Å². The molecule has 7 amide bonds. The molecule has 3 N–H and O–H groups in total. The number of methoxy groups -OCH3 is 1. The average Bonchev–Trinajstić information content (AvgIpc) is 1.61. The molecule has 4 aromatic carbocycles. The van der Waals surface area contributed by atoms with Gasteiger partial charge < -0.3 is 58.6 Å². The third-order valence-corrected chi connectivity index (χ3v) is 22.5. The number of nitrogens with one attached hydrogen (secondary N) is 3. The van der Waals surface area contributed by atoms with Gasteiger partial charge in [-0.3, -0.25) is 24.1 Å². The van der Waals surface area contributed by atoms with Crippen LogP contribution in [0.1, 0.15) is 124 Å². The van der Waals surface area contributed by atoms with Crippen LogP contribution in [0.5, 0.6) is 17.2 Å². The highest BCUT2D eigenvalue weighted by atomic mass is 28.4. The fourth-order valence-electron chi connectivity index (χ4n) is 11.6. The Morgan fingerprint density at radius 1 is 0.780 bits per heavy atom. The van der Waals surface area contributed by atoms with E-state index in [9.17, 15) is 24.0 Å². The standard InChI is InChI=1S/C69H87N7O14Si/c1-14-28-87-65(81)72-59(42(4)5)61(78)70-44(7)60(77)71-49-24-20-46(21-25-49)40-89-67(83)76-54-36-56(43(6)32-51(54)63(80)75-41-69(26-27-69)37-55(75)64(76)90-91(12,13)68(8,9)10)85-30-17-31-86-58-35-53-52(34-57(58)84-11)62(79)73-38-48(47-22-18-45(16-3)19-23-47)33-50(73)39-74(53)66(82)88-29-15-2/h14-15,18-25,32,34-36,38,42,44,50,55,59,64H,1-2,16-17,26-31,33,37,39-41H2,3-13H3,(H,70,78)(H,71,77)(H,72,81)/t44-,50-,55-,59-,64?/m0/s1. The quantitative estimate of drug-likeness (QED) is 0.0271. The maximum Gasteiger partial charge on any atom is 0.416 e. The first kappa shape index (κ1) is 66.8. The van der Waals surface area contributed by atoms with Gasteiger partial charge in [-0.2, -0.15) is 0 Å². The van der Waals surface area contributed by atoms with Gasteiger partial charge in [0.25, 0.3) is 11.8 Å². The lowest BCUT2D eigenvalue weighted by Crippen LogP contribution is -2.58. The molecule has 1 saturated carbocycles. The van der Waals surface area contributed by atoms with Crippen molar-refractivity contribution in [3.05, 3.63) is 138 Å². The van der Waals surface area contributed by atoms with Crippen molar-refractivity contribution in [3.8, 4) is 17.2 Å². The topological polar surface area (TPSA) is 233 Å². The van der Waals surface area contributed by atoms with Crippen LogP contribution in [0.2, 0.25) is 18.1 Å². The van der Waals surface area contributed by atoms with Crippen LogP contribution in [-0.2, 0) is 41.3 Å². The Labute approximate surface area is 534 Å². The van der Waals surface area contributed by atoms with Crippen molar-refractivity contribution in [2.24, 2.45) is 11.3 Å². The second-order valence-corrected chi connectivity index (χ2v) is 30.8. The van der Waals surface area contributed by atoms with E-state index in [4.69, 9.17) is 32.8 Å². The normalized spacial score (nSPS) is 18.7. The fraction of sp³-hybridized carbons (Fsp3) is 0.464. The molecule has 4 aliphatic heterocycles. The average molecular weight is 1270 g/mol. The number of hydrogen-bond donors (Lipinski definition) is 3. The number of rotatable bonds is 23. The SMILES string of the molecule is C=CCOC(=O)N[C@H](C(=O)N[C@@H](C)C(=O)Nc1ccc(COC(=O)N2c3cc(OCCCOc4cc5c(cc4OC)C(=O)N4C=C(c6ccc(CC)cc6)C[C@H]4CN5C(=O)OCC=C)c(C)cc3C(=O)N3CC4(CC4)C[C@H]3C2O[Si](C)(C)C(C)(C)C)cc1)C(C)C. The molecule has 5 atom stereocenters. The van der Waals surface area contributed by atoms with E-state index in [0.29, 0.717) is 65.4 Å². The molecule has 21 nitrogen and oxygen atoms in total. The Morgan fingerprint density at radius 3 is 2.07 bits per heavy atom. The molecule has 5 aliphatic rings. The van der Waals surface area contributed by atoms with E-state index in [2.05, 4.69) is 94.2 Å². The second-order valence-electron chi connectivity index (χ2n) is 26.0. The highest BCUT2D eigenvalue weighted by Gasteiger charge is 2.60. The molecule has 4 heterocycles. The lowest BCUT2D eigenvalue weighted by Gasteiger charge is -2.44. The molecular formula is C69H87N7O14Si. The maximum atomic E-state index is 15.2. The van der Waals surface area contributed by atoms with Gasteiger partial charge in [-0.25, -0.2) is 19.3 Å². The number of alkyl carbamates (subject to hydrolysis) is 1. The lowest BCUT2D eigenvalue weighted by atomic mass is 10.0.